The molecule has 4 nitrogen and oxygen atoms in total. The Hall–Kier alpha value is -0.810. The third-order valence-electron chi connectivity index (χ3n) is 5.09. The van der Waals surface area contributed by atoms with E-state index in [1.807, 2.05) is 0 Å². The molecule has 1 saturated heterocycles. The Labute approximate surface area is 157 Å². The van der Waals surface area contributed by atoms with Gasteiger partial charge < -0.3 is 10.6 Å². The van der Waals surface area contributed by atoms with Gasteiger partial charge in [-0.05, 0) is 36.9 Å². The fraction of sp³-hybridized carbons (Fsp3) is 0.611. The van der Waals surface area contributed by atoms with Gasteiger partial charge in [-0.25, -0.2) is 0 Å². The lowest BCUT2D eigenvalue weighted by Gasteiger charge is -2.35. The number of hydrogen-bond acceptors (Lipinski definition) is 3. The van der Waals surface area contributed by atoms with Crippen molar-refractivity contribution in [1.82, 2.24) is 15.5 Å². The smallest absolute Gasteiger partial charge is 0.224 e. The second-order valence-electron chi connectivity index (χ2n) is 6.49. The van der Waals surface area contributed by atoms with Crippen LogP contribution in [-0.4, -0.2) is 43.0 Å². The number of benzene rings is 1. The van der Waals surface area contributed by atoms with Crippen molar-refractivity contribution in [2.45, 2.75) is 38.8 Å². The molecule has 2 atom stereocenters. The normalized spacial score (nSPS) is 21.1. The van der Waals surface area contributed by atoms with E-state index in [1.54, 1.807) is 0 Å². The van der Waals surface area contributed by atoms with Gasteiger partial charge in [0.25, 0.3) is 0 Å². The third-order valence-corrected chi connectivity index (χ3v) is 5.09. The number of nitrogens with zero attached hydrogens (tertiary/aromatic N) is 1. The van der Waals surface area contributed by atoms with Crippen LogP contribution < -0.4 is 10.6 Å². The summed E-state index contributed by atoms with van der Waals surface area (Å²) < 4.78 is 0. The second-order valence-corrected chi connectivity index (χ2v) is 6.49. The van der Waals surface area contributed by atoms with Crippen LogP contribution in [0.1, 0.15) is 30.9 Å². The van der Waals surface area contributed by atoms with Crippen molar-refractivity contribution in [1.29, 1.82) is 0 Å². The Morgan fingerprint density at radius 2 is 2.08 bits per heavy atom. The molecule has 1 amide bonds. The molecule has 2 N–H and O–H groups in total. The molecule has 2 heterocycles. The van der Waals surface area contributed by atoms with Gasteiger partial charge in [-0.2, -0.15) is 0 Å². The van der Waals surface area contributed by atoms with Crippen molar-refractivity contribution in [3.8, 4) is 0 Å². The van der Waals surface area contributed by atoms with Crippen LogP contribution in [-0.2, 0) is 17.8 Å². The molecule has 3 rings (SSSR count). The minimum atomic E-state index is 0. The Balaban J connectivity index is 0.00000144. The minimum Gasteiger partial charge on any atom is -0.354 e. The first-order valence-corrected chi connectivity index (χ1v) is 8.57. The van der Waals surface area contributed by atoms with Crippen LogP contribution in [0.2, 0.25) is 0 Å². The van der Waals surface area contributed by atoms with Gasteiger partial charge in [0.15, 0.2) is 0 Å². The van der Waals surface area contributed by atoms with E-state index in [0.717, 1.165) is 52.0 Å². The van der Waals surface area contributed by atoms with Gasteiger partial charge in [0.05, 0.1) is 5.92 Å². The molecule has 6 heteroatoms. The lowest BCUT2D eigenvalue weighted by Crippen LogP contribution is -2.46. The van der Waals surface area contributed by atoms with Crippen LogP contribution in [0, 0.1) is 5.92 Å². The van der Waals surface area contributed by atoms with Gasteiger partial charge in [0, 0.05) is 32.2 Å². The molecular weight excluding hydrogens is 345 g/mol. The molecule has 0 bridgehead atoms. The topological polar surface area (TPSA) is 44.4 Å². The zero-order valence-electron chi connectivity index (χ0n) is 14.3. The predicted molar refractivity (Wildman–Crippen MR) is 103 cm³/mol. The van der Waals surface area contributed by atoms with Crippen LogP contribution >= 0.6 is 24.8 Å². The van der Waals surface area contributed by atoms with Gasteiger partial charge >= 0.3 is 0 Å². The molecule has 0 aliphatic carbocycles. The van der Waals surface area contributed by atoms with E-state index in [1.165, 1.54) is 11.1 Å². The number of carbonyl (C=O) groups is 1. The summed E-state index contributed by atoms with van der Waals surface area (Å²) in [6.07, 6.45) is 3.16. The molecule has 1 fully saturated rings. The SMILES string of the molecule is CCC(CNC(=O)C1CCNC1)N1CCc2ccccc2C1.Cl.Cl. The van der Waals surface area contributed by atoms with Crippen molar-refractivity contribution in [2.24, 2.45) is 5.92 Å². The van der Waals surface area contributed by atoms with Gasteiger partial charge in [0.2, 0.25) is 5.91 Å². The Kier molecular flexibility index (Phi) is 9.06. The zero-order valence-corrected chi connectivity index (χ0v) is 15.9. The molecule has 2 aliphatic rings. The van der Waals surface area contributed by atoms with E-state index in [9.17, 15) is 4.79 Å². The summed E-state index contributed by atoms with van der Waals surface area (Å²) in [6.45, 7) is 6.90. The average Bonchev–Trinajstić information content (AvgIpc) is 3.09. The quantitative estimate of drug-likeness (QED) is 0.832. The van der Waals surface area contributed by atoms with E-state index in [2.05, 4.69) is 46.7 Å². The summed E-state index contributed by atoms with van der Waals surface area (Å²) in [5, 5.41) is 6.43. The first-order chi connectivity index (χ1) is 10.8. The molecule has 24 heavy (non-hydrogen) atoms. The lowest BCUT2D eigenvalue weighted by atomic mass is 9.98. The monoisotopic (exact) mass is 373 g/mol. The fourth-order valence-electron chi connectivity index (χ4n) is 3.60. The highest BCUT2D eigenvalue weighted by Gasteiger charge is 2.25. The molecule has 2 aliphatic heterocycles. The first kappa shape index (κ1) is 21.2. The highest BCUT2D eigenvalue weighted by atomic mass is 35.5. The summed E-state index contributed by atoms with van der Waals surface area (Å²) in [6, 6.07) is 9.16. The molecule has 1 aromatic rings. The number of fused-ring (bicyclic) bond motifs is 1. The van der Waals surface area contributed by atoms with Crippen molar-refractivity contribution in [3.63, 3.8) is 0 Å². The minimum absolute atomic E-state index is 0. The largest absolute Gasteiger partial charge is 0.354 e. The highest BCUT2D eigenvalue weighted by Crippen LogP contribution is 2.21. The number of hydrogen-bond donors (Lipinski definition) is 2. The van der Waals surface area contributed by atoms with Crippen molar-refractivity contribution in [3.05, 3.63) is 35.4 Å². The van der Waals surface area contributed by atoms with Crippen LogP contribution in [0.5, 0.6) is 0 Å². The summed E-state index contributed by atoms with van der Waals surface area (Å²) >= 11 is 0. The fourth-order valence-corrected chi connectivity index (χ4v) is 3.60. The number of halogens is 2. The van der Waals surface area contributed by atoms with E-state index >= 15 is 0 Å². The molecular formula is C18H29Cl2N3O. The third kappa shape index (κ3) is 5.09. The summed E-state index contributed by atoms with van der Waals surface area (Å²) in [5.74, 6) is 0.389. The molecule has 0 radical (unpaired) electrons. The predicted octanol–water partition coefficient (Wildman–Crippen LogP) is 2.39. The summed E-state index contributed by atoms with van der Waals surface area (Å²) in [5.41, 5.74) is 2.92. The summed E-state index contributed by atoms with van der Waals surface area (Å²) in [7, 11) is 0. The van der Waals surface area contributed by atoms with Gasteiger partial charge in [0.1, 0.15) is 0 Å². The summed E-state index contributed by atoms with van der Waals surface area (Å²) in [4.78, 5) is 14.7. The molecule has 2 unspecified atom stereocenters. The number of amides is 1. The van der Waals surface area contributed by atoms with Crippen molar-refractivity contribution < 1.29 is 4.79 Å². The highest BCUT2D eigenvalue weighted by molar-refractivity contribution is 5.85. The van der Waals surface area contributed by atoms with Crippen LogP contribution in [0.3, 0.4) is 0 Å². The molecule has 0 spiro atoms. The first-order valence-electron chi connectivity index (χ1n) is 8.57. The average molecular weight is 374 g/mol. The van der Waals surface area contributed by atoms with E-state index in [-0.39, 0.29) is 36.6 Å². The molecule has 0 aromatic heterocycles. The number of nitrogens with one attached hydrogen (secondary N) is 2. The Morgan fingerprint density at radius 3 is 2.75 bits per heavy atom. The zero-order chi connectivity index (χ0) is 15.4. The maximum absolute atomic E-state index is 12.2. The molecule has 0 saturated carbocycles. The van der Waals surface area contributed by atoms with Crippen LogP contribution in [0.25, 0.3) is 0 Å². The maximum Gasteiger partial charge on any atom is 0.224 e. The van der Waals surface area contributed by atoms with E-state index in [4.69, 9.17) is 0 Å². The van der Waals surface area contributed by atoms with E-state index in [0.29, 0.717) is 6.04 Å². The van der Waals surface area contributed by atoms with E-state index < -0.39 is 0 Å². The Morgan fingerprint density at radius 1 is 1.33 bits per heavy atom. The van der Waals surface area contributed by atoms with Crippen molar-refractivity contribution in [2.75, 3.05) is 26.2 Å². The Bertz CT molecular complexity index is 521. The standard InChI is InChI=1S/C18H27N3O.2ClH/c1-2-17(12-20-18(22)15-7-9-19-11-15)21-10-8-14-5-3-4-6-16(14)13-21;;/h3-6,15,17,19H,2,7-13H2,1H3,(H,20,22);2*1H. The number of carbonyl (C=O) groups excluding carboxylic acids is 1. The maximum atomic E-state index is 12.2. The van der Waals surface area contributed by atoms with Crippen LogP contribution in [0.4, 0.5) is 0 Å². The molecule has 1 aromatic carbocycles. The number of rotatable bonds is 5. The van der Waals surface area contributed by atoms with Gasteiger partial charge in [-0.1, -0.05) is 31.2 Å². The van der Waals surface area contributed by atoms with Gasteiger partial charge in [-0.3, -0.25) is 9.69 Å². The van der Waals surface area contributed by atoms with Gasteiger partial charge in [-0.15, -0.1) is 24.8 Å². The molecule has 136 valence electrons. The van der Waals surface area contributed by atoms with Crippen molar-refractivity contribution >= 4 is 30.7 Å². The lowest BCUT2D eigenvalue weighted by molar-refractivity contribution is -0.124. The second kappa shape index (κ2) is 10.2. The van der Waals surface area contributed by atoms with Crippen LogP contribution in [0.15, 0.2) is 24.3 Å².